The van der Waals surface area contributed by atoms with E-state index in [1.165, 1.54) is 0 Å². The first-order valence-corrected chi connectivity index (χ1v) is 10.1. The molecular formula is C22H28N6O. The number of likely N-dealkylation sites (tertiary alicyclic amines) is 1. The van der Waals surface area contributed by atoms with Crippen molar-refractivity contribution >= 4 is 5.91 Å². The molecule has 1 aliphatic heterocycles. The van der Waals surface area contributed by atoms with Crippen LogP contribution in [0.5, 0.6) is 0 Å². The van der Waals surface area contributed by atoms with Gasteiger partial charge in [0.1, 0.15) is 5.69 Å². The minimum absolute atomic E-state index is 0.0505. The Morgan fingerprint density at radius 1 is 1.17 bits per heavy atom. The molecule has 1 saturated heterocycles. The van der Waals surface area contributed by atoms with Crippen LogP contribution in [0.25, 0.3) is 11.1 Å². The monoisotopic (exact) mass is 392 g/mol. The average Bonchev–Trinajstić information content (AvgIpc) is 3.40. The maximum Gasteiger partial charge on any atom is 0.272 e. The van der Waals surface area contributed by atoms with Gasteiger partial charge >= 0.3 is 0 Å². The molecule has 1 amide bonds. The number of aryl methyl sites for hydroxylation is 3. The van der Waals surface area contributed by atoms with Crippen molar-refractivity contribution in [2.75, 3.05) is 13.1 Å². The summed E-state index contributed by atoms with van der Waals surface area (Å²) in [6, 6.07) is 6.15. The Morgan fingerprint density at radius 3 is 2.62 bits per heavy atom. The van der Waals surface area contributed by atoms with E-state index in [2.05, 4.69) is 36.2 Å². The second kappa shape index (κ2) is 7.46. The summed E-state index contributed by atoms with van der Waals surface area (Å²) < 4.78 is 3.51. The lowest BCUT2D eigenvalue weighted by Gasteiger charge is -2.17. The summed E-state index contributed by atoms with van der Waals surface area (Å²) in [5.74, 6) is 0.595. The molecule has 1 aliphatic rings. The van der Waals surface area contributed by atoms with Gasteiger partial charge in [0.25, 0.3) is 5.91 Å². The fraction of sp³-hybridized carbons (Fsp3) is 0.455. The Balaban J connectivity index is 1.54. The molecule has 0 aromatic carbocycles. The predicted octanol–water partition coefficient (Wildman–Crippen LogP) is 3.28. The minimum Gasteiger partial charge on any atom is -0.337 e. The van der Waals surface area contributed by atoms with Gasteiger partial charge in [-0.2, -0.15) is 10.2 Å². The average molecular weight is 393 g/mol. The third-order valence-corrected chi connectivity index (χ3v) is 5.61. The van der Waals surface area contributed by atoms with Gasteiger partial charge in [-0.25, -0.2) is 0 Å². The molecule has 1 atom stereocenters. The normalized spacial score (nSPS) is 16.8. The van der Waals surface area contributed by atoms with E-state index < -0.39 is 0 Å². The lowest BCUT2D eigenvalue weighted by atomic mass is 10.00. The zero-order valence-electron chi connectivity index (χ0n) is 17.8. The molecule has 0 spiro atoms. The second-order valence-corrected chi connectivity index (χ2v) is 8.29. The zero-order chi connectivity index (χ0) is 20.7. The van der Waals surface area contributed by atoms with Gasteiger partial charge in [0, 0.05) is 56.3 Å². The van der Waals surface area contributed by atoms with Gasteiger partial charge in [-0.3, -0.25) is 19.1 Å². The summed E-state index contributed by atoms with van der Waals surface area (Å²) in [4.78, 5) is 19.8. The number of amides is 1. The Hall–Kier alpha value is -2.96. The minimum atomic E-state index is 0.0505. The molecule has 4 heterocycles. The number of rotatable bonds is 4. The number of nitrogens with zero attached hydrogens (tertiary/aromatic N) is 6. The smallest absolute Gasteiger partial charge is 0.272 e. The van der Waals surface area contributed by atoms with E-state index in [9.17, 15) is 4.79 Å². The number of hydrogen-bond donors (Lipinski definition) is 0. The van der Waals surface area contributed by atoms with Crippen LogP contribution in [0, 0.1) is 6.92 Å². The molecule has 1 unspecified atom stereocenters. The lowest BCUT2D eigenvalue weighted by Crippen LogP contribution is -2.30. The largest absolute Gasteiger partial charge is 0.337 e. The van der Waals surface area contributed by atoms with Crippen molar-refractivity contribution in [1.82, 2.24) is 29.4 Å². The molecule has 4 rings (SSSR count). The van der Waals surface area contributed by atoms with E-state index in [1.807, 2.05) is 44.4 Å². The third kappa shape index (κ3) is 3.81. The fourth-order valence-electron chi connectivity index (χ4n) is 3.96. The lowest BCUT2D eigenvalue weighted by molar-refractivity contribution is 0.0780. The van der Waals surface area contributed by atoms with E-state index in [4.69, 9.17) is 4.98 Å². The van der Waals surface area contributed by atoms with E-state index in [0.717, 1.165) is 41.2 Å². The molecule has 3 aromatic rings. The Labute approximate surface area is 171 Å². The highest BCUT2D eigenvalue weighted by atomic mass is 16.2. The Kier molecular flexibility index (Phi) is 4.98. The number of aromatic nitrogens is 5. The van der Waals surface area contributed by atoms with Crippen molar-refractivity contribution in [2.24, 2.45) is 14.1 Å². The Morgan fingerprint density at radius 2 is 1.97 bits per heavy atom. The van der Waals surface area contributed by atoms with Gasteiger partial charge < -0.3 is 4.90 Å². The van der Waals surface area contributed by atoms with Crippen LogP contribution in [0.1, 0.15) is 59.7 Å². The quantitative estimate of drug-likeness (QED) is 0.683. The summed E-state index contributed by atoms with van der Waals surface area (Å²) in [6.07, 6.45) is 4.80. The fourth-order valence-corrected chi connectivity index (χ4v) is 3.96. The molecule has 0 radical (unpaired) electrons. The van der Waals surface area contributed by atoms with Crippen molar-refractivity contribution in [3.05, 3.63) is 53.4 Å². The van der Waals surface area contributed by atoms with E-state index in [1.54, 1.807) is 9.36 Å². The number of hydrogen-bond acceptors (Lipinski definition) is 4. The first-order valence-electron chi connectivity index (χ1n) is 10.1. The molecule has 3 aromatic heterocycles. The molecule has 29 heavy (non-hydrogen) atoms. The number of carbonyl (C=O) groups excluding carboxylic acids is 1. The first-order chi connectivity index (χ1) is 13.8. The summed E-state index contributed by atoms with van der Waals surface area (Å²) in [6.45, 7) is 7.62. The van der Waals surface area contributed by atoms with Gasteiger partial charge in [-0.15, -0.1) is 0 Å². The van der Waals surface area contributed by atoms with E-state index in [-0.39, 0.29) is 11.8 Å². The van der Waals surface area contributed by atoms with Crippen molar-refractivity contribution < 1.29 is 4.79 Å². The molecule has 0 bridgehead atoms. The third-order valence-electron chi connectivity index (χ3n) is 5.61. The van der Waals surface area contributed by atoms with Crippen LogP contribution in [-0.2, 0) is 14.1 Å². The van der Waals surface area contributed by atoms with E-state index >= 15 is 0 Å². The van der Waals surface area contributed by atoms with Gasteiger partial charge in [0.05, 0.1) is 11.9 Å². The molecule has 7 heteroatoms. The van der Waals surface area contributed by atoms with Crippen LogP contribution in [0.3, 0.4) is 0 Å². The molecule has 0 saturated carbocycles. The molecule has 0 aliphatic carbocycles. The molecule has 152 valence electrons. The van der Waals surface area contributed by atoms with Gasteiger partial charge in [-0.1, -0.05) is 13.8 Å². The molecule has 1 fully saturated rings. The second-order valence-electron chi connectivity index (χ2n) is 8.29. The summed E-state index contributed by atoms with van der Waals surface area (Å²) >= 11 is 0. The maximum atomic E-state index is 13.1. The number of carbonyl (C=O) groups is 1. The summed E-state index contributed by atoms with van der Waals surface area (Å²) in [7, 11) is 3.76. The van der Waals surface area contributed by atoms with Gasteiger partial charge in [-0.05, 0) is 43.0 Å². The number of pyridine rings is 1. The van der Waals surface area contributed by atoms with Crippen molar-refractivity contribution in [1.29, 1.82) is 0 Å². The van der Waals surface area contributed by atoms with E-state index in [0.29, 0.717) is 18.2 Å². The van der Waals surface area contributed by atoms with Crippen LogP contribution < -0.4 is 0 Å². The predicted molar refractivity (Wildman–Crippen MR) is 112 cm³/mol. The van der Waals surface area contributed by atoms with Crippen molar-refractivity contribution in [3.8, 4) is 11.1 Å². The van der Waals surface area contributed by atoms with Crippen LogP contribution in [0.2, 0.25) is 0 Å². The highest BCUT2D eigenvalue weighted by Gasteiger charge is 2.31. The maximum absolute atomic E-state index is 13.1. The highest BCUT2D eigenvalue weighted by molar-refractivity contribution is 5.93. The topological polar surface area (TPSA) is 68.8 Å². The highest BCUT2D eigenvalue weighted by Crippen LogP contribution is 2.30. The zero-order valence-corrected chi connectivity index (χ0v) is 17.8. The SMILES string of the molecule is Cc1cc(-c2cnn(C)c2)cc(C2CCN(C(=O)c3cc(C(C)C)nn3C)C2)n1. The first kappa shape index (κ1) is 19.4. The van der Waals surface area contributed by atoms with Gasteiger partial charge in [0.15, 0.2) is 0 Å². The summed E-state index contributed by atoms with van der Waals surface area (Å²) in [5, 5.41) is 8.76. The Bertz CT molecular complexity index is 1050. The standard InChI is InChI=1S/C22H28N6O/c1-14(2)19-10-21(27(5)25-19)22(29)28-7-6-16(13-28)20-9-17(8-15(3)24-20)18-11-23-26(4)12-18/h8-12,14,16H,6-7,13H2,1-5H3. The molecular weight excluding hydrogens is 364 g/mol. The van der Waals surface area contributed by atoms with Crippen LogP contribution >= 0.6 is 0 Å². The van der Waals surface area contributed by atoms with Crippen LogP contribution in [-0.4, -0.2) is 48.4 Å². The van der Waals surface area contributed by atoms with Gasteiger partial charge in [0.2, 0.25) is 0 Å². The summed E-state index contributed by atoms with van der Waals surface area (Å²) in [5.41, 5.74) is 5.85. The van der Waals surface area contributed by atoms with Crippen molar-refractivity contribution in [2.45, 2.75) is 39.0 Å². The van der Waals surface area contributed by atoms with Crippen molar-refractivity contribution in [3.63, 3.8) is 0 Å². The molecule has 0 N–H and O–H groups in total. The van der Waals surface area contributed by atoms with Crippen LogP contribution in [0.4, 0.5) is 0 Å². The van der Waals surface area contributed by atoms with Crippen LogP contribution in [0.15, 0.2) is 30.6 Å². The molecule has 7 nitrogen and oxygen atoms in total.